The summed E-state index contributed by atoms with van der Waals surface area (Å²) in [6.07, 6.45) is -2.73. The Labute approximate surface area is 111 Å². The molecule has 0 saturated heterocycles. The number of aliphatic hydroxyl groups is 1. The van der Waals surface area contributed by atoms with Gasteiger partial charge in [0.2, 0.25) is 10.0 Å². The van der Waals surface area contributed by atoms with E-state index in [-0.39, 0.29) is 11.5 Å². The van der Waals surface area contributed by atoms with Crippen LogP contribution in [0.1, 0.15) is 16.7 Å². The largest absolute Gasteiger partial charge is 0.392 e. The topological polar surface area (TPSA) is 57.6 Å². The van der Waals surface area contributed by atoms with Crippen LogP contribution < -0.4 is 0 Å². The van der Waals surface area contributed by atoms with Crippen LogP contribution in [0.15, 0.2) is 17.0 Å². The molecule has 0 bridgehead atoms. The molecule has 0 radical (unpaired) electrons. The second-order valence-electron chi connectivity index (χ2n) is 4.37. The van der Waals surface area contributed by atoms with E-state index in [9.17, 15) is 17.2 Å². The molecule has 1 aromatic carbocycles. The van der Waals surface area contributed by atoms with Crippen LogP contribution in [0.2, 0.25) is 0 Å². The first-order valence-electron chi connectivity index (χ1n) is 5.65. The van der Waals surface area contributed by atoms with Crippen LogP contribution in [0.5, 0.6) is 0 Å². The van der Waals surface area contributed by atoms with E-state index in [0.29, 0.717) is 21.0 Å². The third-order valence-corrected chi connectivity index (χ3v) is 4.89. The number of alkyl halides is 2. The first-order valence-corrected chi connectivity index (χ1v) is 7.09. The molecule has 0 amide bonds. The van der Waals surface area contributed by atoms with Crippen molar-refractivity contribution < 1.29 is 22.3 Å². The van der Waals surface area contributed by atoms with E-state index in [1.54, 1.807) is 19.9 Å². The molecule has 19 heavy (non-hydrogen) atoms. The maximum atomic E-state index is 12.3. The Hall–Kier alpha value is -1.05. The highest BCUT2D eigenvalue weighted by Crippen LogP contribution is 2.24. The minimum absolute atomic E-state index is 0.0419. The maximum absolute atomic E-state index is 12.3. The van der Waals surface area contributed by atoms with Gasteiger partial charge in [-0.3, -0.25) is 0 Å². The molecule has 0 aliphatic carbocycles. The van der Waals surface area contributed by atoms with E-state index >= 15 is 0 Å². The summed E-state index contributed by atoms with van der Waals surface area (Å²) in [5, 5.41) is 9.10. The predicted molar refractivity (Wildman–Crippen MR) is 67.7 cm³/mol. The molecule has 1 aromatic rings. The first kappa shape index (κ1) is 16.0. The Morgan fingerprint density at radius 1 is 1.32 bits per heavy atom. The summed E-state index contributed by atoms with van der Waals surface area (Å²) in [5.41, 5.74) is 1.63. The second-order valence-corrected chi connectivity index (χ2v) is 6.38. The zero-order chi connectivity index (χ0) is 14.8. The van der Waals surface area contributed by atoms with E-state index in [1.807, 2.05) is 0 Å². The summed E-state index contributed by atoms with van der Waals surface area (Å²) in [4.78, 5) is -0.0419. The van der Waals surface area contributed by atoms with Gasteiger partial charge in [0.15, 0.2) is 0 Å². The lowest BCUT2D eigenvalue weighted by Crippen LogP contribution is -2.32. The van der Waals surface area contributed by atoms with Gasteiger partial charge in [-0.05, 0) is 36.6 Å². The lowest BCUT2D eigenvalue weighted by atomic mass is 10.1. The SMILES string of the molecule is Cc1cc(CO)cc(S(=O)(=O)N(C)CC(F)F)c1C. The van der Waals surface area contributed by atoms with E-state index < -0.39 is 23.0 Å². The molecule has 0 fully saturated rings. The number of rotatable bonds is 5. The molecule has 0 aliphatic heterocycles. The number of hydrogen-bond acceptors (Lipinski definition) is 3. The summed E-state index contributed by atoms with van der Waals surface area (Å²) in [6, 6.07) is 2.99. The quantitative estimate of drug-likeness (QED) is 0.898. The molecule has 0 saturated carbocycles. The van der Waals surface area contributed by atoms with Gasteiger partial charge in [-0.25, -0.2) is 17.2 Å². The highest BCUT2D eigenvalue weighted by Gasteiger charge is 2.26. The Morgan fingerprint density at radius 2 is 1.89 bits per heavy atom. The van der Waals surface area contributed by atoms with Gasteiger partial charge in [-0.1, -0.05) is 6.07 Å². The van der Waals surface area contributed by atoms with E-state index in [2.05, 4.69) is 0 Å². The van der Waals surface area contributed by atoms with Gasteiger partial charge in [0.1, 0.15) is 0 Å². The minimum atomic E-state index is -3.98. The summed E-state index contributed by atoms with van der Waals surface area (Å²) in [7, 11) is -2.86. The van der Waals surface area contributed by atoms with Gasteiger partial charge >= 0.3 is 0 Å². The van der Waals surface area contributed by atoms with Crippen molar-refractivity contribution in [1.29, 1.82) is 0 Å². The minimum Gasteiger partial charge on any atom is -0.392 e. The molecule has 0 aliphatic rings. The lowest BCUT2D eigenvalue weighted by Gasteiger charge is -2.19. The lowest BCUT2D eigenvalue weighted by molar-refractivity contribution is 0.126. The number of sulfonamides is 1. The molecule has 1 rings (SSSR count). The highest BCUT2D eigenvalue weighted by molar-refractivity contribution is 7.89. The van der Waals surface area contributed by atoms with E-state index in [4.69, 9.17) is 5.11 Å². The standard InChI is InChI=1S/C12H17F2NO3S/c1-8-4-10(7-16)5-11(9(8)2)19(17,18)15(3)6-12(13)14/h4-5,12,16H,6-7H2,1-3H3. The molecule has 0 unspecified atom stereocenters. The fraction of sp³-hybridized carbons (Fsp3) is 0.500. The van der Waals surface area contributed by atoms with Crippen LogP contribution in [0, 0.1) is 13.8 Å². The van der Waals surface area contributed by atoms with E-state index in [1.165, 1.54) is 6.07 Å². The first-order chi connectivity index (χ1) is 8.70. The Kier molecular flexibility index (Phi) is 5.00. The molecule has 0 spiro atoms. The molecular weight excluding hydrogens is 276 g/mol. The summed E-state index contributed by atoms with van der Waals surface area (Å²) < 4.78 is 49.7. The molecule has 0 atom stereocenters. The van der Waals surface area contributed by atoms with Crippen LogP contribution in [-0.4, -0.2) is 37.8 Å². The second kappa shape index (κ2) is 5.94. The van der Waals surface area contributed by atoms with Crippen LogP contribution in [0.4, 0.5) is 8.78 Å². The molecule has 1 N–H and O–H groups in total. The van der Waals surface area contributed by atoms with Crippen LogP contribution >= 0.6 is 0 Å². The number of benzene rings is 1. The fourth-order valence-electron chi connectivity index (χ4n) is 1.72. The maximum Gasteiger partial charge on any atom is 0.252 e. The molecular formula is C12H17F2NO3S. The van der Waals surface area contributed by atoms with Gasteiger partial charge in [-0.2, -0.15) is 4.31 Å². The number of aryl methyl sites for hydroxylation is 1. The number of aliphatic hydroxyl groups excluding tert-OH is 1. The van der Waals surface area contributed by atoms with Crippen molar-refractivity contribution in [2.24, 2.45) is 0 Å². The molecule has 108 valence electrons. The highest BCUT2D eigenvalue weighted by atomic mass is 32.2. The Balaban J connectivity index is 3.32. The van der Waals surface area contributed by atoms with Crippen molar-refractivity contribution in [3.63, 3.8) is 0 Å². The van der Waals surface area contributed by atoms with Gasteiger partial charge in [0.05, 0.1) is 18.0 Å². The predicted octanol–water partition coefficient (Wildman–Crippen LogP) is 1.68. The van der Waals surface area contributed by atoms with Crippen molar-refractivity contribution >= 4 is 10.0 Å². The van der Waals surface area contributed by atoms with Crippen molar-refractivity contribution in [3.05, 3.63) is 28.8 Å². The van der Waals surface area contributed by atoms with Gasteiger partial charge in [-0.15, -0.1) is 0 Å². The fourth-order valence-corrected chi connectivity index (χ4v) is 3.21. The van der Waals surface area contributed by atoms with Gasteiger partial charge < -0.3 is 5.11 Å². The molecule has 4 nitrogen and oxygen atoms in total. The normalized spacial score (nSPS) is 12.4. The Morgan fingerprint density at radius 3 is 2.37 bits per heavy atom. The molecule has 0 aromatic heterocycles. The monoisotopic (exact) mass is 293 g/mol. The average Bonchev–Trinajstić information content (AvgIpc) is 2.31. The number of nitrogens with zero attached hydrogens (tertiary/aromatic N) is 1. The van der Waals surface area contributed by atoms with Crippen LogP contribution in [0.25, 0.3) is 0 Å². The number of halogens is 2. The summed E-state index contributed by atoms with van der Waals surface area (Å²) in [5.74, 6) is 0. The summed E-state index contributed by atoms with van der Waals surface area (Å²) in [6.45, 7) is 2.16. The zero-order valence-electron chi connectivity index (χ0n) is 11.0. The average molecular weight is 293 g/mol. The zero-order valence-corrected chi connectivity index (χ0v) is 11.8. The van der Waals surface area contributed by atoms with Crippen molar-refractivity contribution in [1.82, 2.24) is 4.31 Å². The van der Waals surface area contributed by atoms with Crippen LogP contribution in [-0.2, 0) is 16.6 Å². The van der Waals surface area contributed by atoms with Gasteiger partial charge in [0, 0.05) is 7.05 Å². The molecule has 7 heteroatoms. The third kappa shape index (κ3) is 3.49. The van der Waals surface area contributed by atoms with Crippen molar-refractivity contribution in [3.8, 4) is 0 Å². The number of hydrogen-bond donors (Lipinski definition) is 1. The van der Waals surface area contributed by atoms with Crippen molar-refractivity contribution in [2.45, 2.75) is 31.8 Å². The third-order valence-electron chi connectivity index (χ3n) is 2.95. The van der Waals surface area contributed by atoms with E-state index in [0.717, 1.165) is 7.05 Å². The van der Waals surface area contributed by atoms with Crippen LogP contribution in [0.3, 0.4) is 0 Å². The van der Waals surface area contributed by atoms with Crippen molar-refractivity contribution in [2.75, 3.05) is 13.6 Å². The molecule has 0 heterocycles. The Bertz CT molecular complexity index is 558. The van der Waals surface area contributed by atoms with Gasteiger partial charge in [0.25, 0.3) is 6.43 Å². The smallest absolute Gasteiger partial charge is 0.252 e. The summed E-state index contributed by atoms with van der Waals surface area (Å²) >= 11 is 0.